The highest BCUT2D eigenvalue weighted by Crippen LogP contribution is 2.26. The van der Waals surface area contributed by atoms with Crippen LogP contribution in [0.2, 0.25) is 0 Å². The second-order valence-electron chi connectivity index (χ2n) is 10.2. The number of carbonyl (C=O) groups excluding carboxylic acids is 2. The molecule has 0 radical (unpaired) electrons. The monoisotopic (exact) mass is 718 g/mol. The average molecular weight is 719 g/mol. The van der Waals surface area contributed by atoms with Crippen LogP contribution in [0.5, 0.6) is 23.0 Å². The van der Waals surface area contributed by atoms with Gasteiger partial charge in [-0.25, -0.2) is 9.59 Å². The molecule has 0 aliphatic heterocycles. The van der Waals surface area contributed by atoms with Gasteiger partial charge in [-0.05, 0) is 109 Å². The van der Waals surface area contributed by atoms with Crippen LogP contribution < -0.4 is 39.1 Å². The number of amides is 4. The van der Waals surface area contributed by atoms with E-state index in [-0.39, 0.29) is 32.7 Å². The largest absolute Gasteiger partial charge is 0.497 e. The molecule has 0 heterocycles. The minimum absolute atomic E-state index is 0.0353. The maximum atomic E-state index is 12.8. The highest BCUT2D eigenvalue weighted by Gasteiger charge is 2.18. The van der Waals surface area contributed by atoms with Gasteiger partial charge >= 0.3 is 32.3 Å². The van der Waals surface area contributed by atoms with Crippen LogP contribution in [0, 0.1) is 0 Å². The van der Waals surface area contributed by atoms with Crippen molar-refractivity contribution in [2.75, 3.05) is 35.5 Å². The van der Waals surface area contributed by atoms with E-state index in [0.717, 1.165) is 0 Å². The van der Waals surface area contributed by atoms with Crippen molar-refractivity contribution in [1.82, 2.24) is 0 Å². The second-order valence-corrected chi connectivity index (χ2v) is 13.3. The van der Waals surface area contributed by atoms with Gasteiger partial charge in [-0.3, -0.25) is 0 Å². The van der Waals surface area contributed by atoms with Crippen LogP contribution in [0.15, 0.2) is 131 Å². The van der Waals surface area contributed by atoms with Gasteiger partial charge in [0.15, 0.2) is 0 Å². The highest BCUT2D eigenvalue weighted by atomic mass is 32.2. The third kappa shape index (κ3) is 9.21. The lowest BCUT2D eigenvalue weighted by Gasteiger charge is -2.14. The quantitative estimate of drug-likeness (QED) is 0.103. The van der Waals surface area contributed by atoms with Crippen molar-refractivity contribution in [3.05, 3.63) is 121 Å². The molecule has 4 amide bonds. The molecule has 0 fully saturated rings. The van der Waals surface area contributed by atoms with Crippen molar-refractivity contribution in [1.29, 1.82) is 0 Å². The first-order valence-electron chi connectivity index (χ1n) is 14.6. The Labute approximate surface area is 288 Å². The van der Waals surface area contributed by atoms with Crippen molar-refractivity contribution in [2.45, 2.75) is 9.79 Å². The number of benzene rings is 5. The zero-order chi connectivity index (χ0) is 35.7. The summed E-state index contributed by atoms with van der Waals surface area (Å²) < 4.78 is 70.8. The van der Waals surface area contributed by atoms with Gasteiger partial charge < -0.3 is 39.1 Å². The smallest absolute Gasteiger partial charge is 0.339 e. The Morgan fingerprint density at radius 1 is 0.440 bits per heavy atom. The molecule has 5 aromatic carbocycles. The molecule has 5 aromatic rings. The Morgan fingerprint density at radius 3 is 1.08 bits per heavy atom. The number of hydrogen-bond acceptors (Lipinski definition) is 10. The van der Waals surface area contributed by atoms with Crippen LogP contribution >= 0.6 is 0 Å². The SMILES string of the molecule is COc1ccc(S(=O)(=O)Oc2ccc(NC(=O)Nc3ccccc3NC(=O)Nc3ccc(OS(=O)(=O)c4ccc(OC)cc4)cc3)cc2)cc1. The Morgan fingerprint density at radius 2 is 0.760 bits per heavy atom. The molecule has 0 aliphatic rings. The highest BCUT2D eigenvalue weighted by molar-refractivity contribution is 7.87. The summed E-state index contributed by atoms with van der Waals surface area (Å²) in [7, 11) is -5.25. The van der Waals surface area contributed by atoms with Gasteiger partial charge in [0.05, 0.1) is 25.6 Å². The Kier molecular flexibility index (Phi) is 10.7. The van der Waals surface area contributed by atoms with E-state index in [0.29, 0.717) is 22.9 Å². The first kappa shape index (κ1) is 35.1. The number of rotatable bonds is 12. The number of urea groups is 2. The van der Waals surface area contributed by atoms with Crippen molar-refractivity contribution >= 4 is 55.0 Å². The van der Waals surface area contributed by atoms with Crippen molar-refractivity contribution in [2.24, 2.45) is 0 Å². The fourth-order valence-corrected chi connectivity index (χ4v) is 6.15. The van der Waals surface area contributed by atoms with Crippen molar-refractivity contribution < 1.29 is 44.3 Å². The van der Waals surface area contributed by atoms with E-state index >= 15 is 0 Å². The summed E-state index contributed by atoms with van der Waals surface area (Å²) in [6.45, 7) is 0. The first-order chi connectivity index (χ1) is 23.9. The fourth-order valence-electron chi connectivity index (χ4n) is 4.29. The Balaban J connectivity index is 1.14. The molecule has 0 aliphatic carbocycles. The fraction of sp³-hybridized carbons (Fsp3) is 0.0588. The van der Waals surface area contributed by atoms with E-state index < -0.39 is 32.3 Å². The zero-order valence-corrected chi connectivity index (χ0v) is 28.1. The van der Waals surface area contributed by atoms with E-state index in [1.54, 1.807) is 24.3 Å². The molecule has 0 saturated carbocycles. The summed E-state index contributed by atoms with van der Waals surface area (Å²) in [6.07, 6.45) is 0. The number of para-hydroxylation sites is 2. The Hall–Kier alpha value is -6.26. The molecule has 0 bridgehead atoms. The molecule has 0 saturated heterocycles. The molecule has 4 N–H and O–H groups in total. The molecule has 5 rings (SSSR count). The van der Waals surface area contributed by atoms with Gasteiger partial charge in [0, 0.05) is 11.4 Å². The topological polar surface area (TPSA) is 187 Å². The summed E-state index contributed by atoms with van der Waals surface area (Å²) in [5.74, 6) is 1.06. The summed E-state index contributed by atoms with van der Waals surface area (Å²) >= 11 is 0. The summed E-state index contributed by atoms with van der Waals surface area (Å²) in [6, 6.07) is 28.0. The van der Waals surface area contributed by atoms with Gasteiger partial charge in [-0.15, -0.1) is 0 Å². The number of methoxy groups -OCH3 is 2. The molecule has 50 heavy (non-hydrogen) atoms. The van der Waals surface area contributed by atoms with Crippen LogP contribution in [0.3, 0.4) is 0 Å². The van der Waals surface area contributed by atoms with Crippen molar-refractivity contribution in [3.8, 4) is 23.0 Å². The lowest BCUT2D eigenvalue weighted by Crippen LogP contribution is -2.23. The molecule has 0 aromatic heterocycles. The molecule has 258 valence electrons. The van der Waals surface area contributed by atoms with Gasteiger partial charge in [0.25, 0.3) is 0 Å². The predicted octanol–water partition coefficient (Wildman–Crippen LogP) is 6.53. The molecule has 14 nitrogen and oxygen atoms in total. The molecule has 0 spiro atoms. The van der Waals surface area contributed by atoms with Crippen LogP contribution in [0.25, 0.3) is 0 Å². The lowest BCUT2D eigenvalue weighted by molar-refractivity contribution is 0.261. The number of hydrogen-bond donors (Lipinski definition) is 4. The third-order valence-corrected chi connectivity index (χ3v) is 9.28. The first-order valence-corrected chi connectivity index (χ1v) is 17.4. The second kappa shape index (κ2) is 15.3. The number of ether oxygens (including phenoxy) is 2. The standard InChI is InChI=1S/C34H30N4O10S2/c1-45-25-15-19-29(20-16-25)49(41,42)47-27-11-7-23(8-12-27)35-33(39)37-31-5-3-4-6-32(31)38-34(40)36-24-9-13-28(14-10-24)48-50(43,44)30-21-17-26(46-2)18-22-30/h3-22H,1-2H3,(H2,35,37,39)(H2,36,38,40). The van der Waals surface area contributed by atoms with Gasteiger partial charge in [-0.1, -0.05) is 12.1 Å². The predicted molar refractivity (Wildman–Crippen MR) is 186 cm³/mol. The van der Waals surface area contributed by atoms with Crippen molar-refractivity contribution in [3.63, 3.8) is 0 Å². The molecule has 0 atom stereocenters. The number of carbonyl (C=O) groups is 2. The van der Waals surface area contributed by atoms with E-state index in [1.807, 2.05) is 0 Å². The zero-order valence-electron chi connectivity index (χ0n) is 26.4. The molecule has 0 unspecified atom stereocenters. The van der Waals surface area contributed by atoms with Crippen LogP contribution in [0.1, 0.15) is 0 Å². The lowest BCUT2D eigenvalue weighted by atomic mass is 10.2. The maximum absolute atomic E-state index is 12.8. The van der Waals surface area contributed by atoms with E-state index in [9.17, 15) is 26.4 Å². The molecular formula is C34H30N4O10S2. The van der Waals surface area contributed by atoms with E-state index in [4.69, 9.17) is 17.8 Å². The minimum Gasteiger partial charge on any atom is -0.497 e. The Bertz CT molecular complexity index is 2020. The van der Waals surface area contributed by atoms with Gasteiger partial charge in [0.2, 0.25) is 0 Å². The summed E-state index contributed by atoms with van der Waals surface area (Å²) in [5.41, 5.74) is 1.23. The summed E-state index contributed by atoms with van der Waals surface area (Å²) in [4.78, 5) is 25.4. The normalized spacial score (nSPS) is 11.1. The minimum atomic E-state index is -4.10. The average Bonchev–Trinajstić information content (AvgIpc) is 3.10. The van der Waals surface area contributed by atoms with Gasteiger partial charge in [-0.2, -0.15) is 16.8 Å². The van der Waals surface area contributed by atoms with Gasteiger partial charge in [0.1, 0.15) is 32.8 Å². The van der Waals surface area contributed by atoms with E-state index in [2.05, 4.69) is 21.3 Å². The third-order valence-electron chi connectivity index (χ3n) is 6.76. The van der Waals surface area contributed by atoms with E-state index in [1.165, 1.54) is 111 Å². The van der Waals surface area contributed by atoms with Crippen LogP contribution in [0.4, 0.5) is 32.3 Å². The number of nitrogens with one attached hydrogen (secondary N) is 4. The summed E-state index contributed by atoms with van der Waals surface area (Å²) in [5, 5.41) is 10.6. The number of anilines is 4. The molecular weight excluding hydrogens is 689 g/mol. The molecule has 16 heteroatoms. The van der Waals surface area contributed by atoms with Crippen LogP contribution in [-0.4, -0.2) is 43.1 Å². The van der Waals surface area contributed by atoms with Crippen LogP contribution in [-0.2, 0) is 20.2 Å². The maximum Gasteiger partial charge on any atom is 0.339 e.